The minimum absolute atomic E-state index is 0.295. The molecule has 30 rings (SSSR count). The Kier molecular flexibility index (Phi) is 15.6. The summed E-state index contributed by atoms with van der Waals surface area (Å²) < 4.78 is 33.1. The molecule has 0 amide bonds. The van der Waals surface area contributed by atoms with Gasteiger partial charge in [0.05, 0.1) is 55.6 Å². The Balaban J connectivity index is 0.0000000986. The predicted octanol–water partition coefficient (Wildman–Crippen LogP) is 31.5. The summed E-state index contributed by atoms with van der Waals surface area (Å²) in [4.78, 5) is 32.9. The van der Waals surface area contributed by atoms with Crippen molar-refractivity contribution in [2.45, 2.75) is 19.3 Å². The van der Waals surface area contributed by atoms with Gasteiger partial charge in [0.2, 0.25) is 17.6 Å². The summed E-state index contributed by atoms with van der Waals surface area (Å²) >= 11 is 1.71. The maximum Gasteiger partial charge on any atom is 0.238 e. The molecule has 11 aromatic heterocycles. The van der Waals surface area contributed by atoms with E-state index in [2.05, 4.69) is 343 Å². The molecule has 1 aliphatic rings. The van der Waals surface area contributed by atoms with E-state index in [1.165, 1.54) is 75.1 Å². The van der Waals surface area contributed by atoms with Crippen molar-refractivity contribution in [3.8, 4) is 62.7 Å². The zero-order chi connectivity index (χ0) is 86.0. The monoisotopic (exact) mass is 1700 g/mol. The molecule has 0 bridgehead atoms. The van der Waals surface area contributed by atoms with E-state index < -0.39 is 0 Å². The van der Waals surface area contributed by atoms with Crippen LogP contribution in [-0.2, 0) is 5.41 Å². The van der Waals surface area contributed by atoms with Gasteiger partial charge in [-0.05, 0) is 171 Å². The first kappa shape index (κ1) is 73.0. The van der Waals surface area contributed by atoms with Crippen LogP contribution in [0.2, 0.25) is 0 Å². The molecule has 18 aromatic carbocycles. The zero-order valence-electron chi connectivity index (χ0n) is 70.4. The lowest BCUT2D eigenvalue weighted by Crippen LogP contribution is -2.18. The third-order valence-corrected chi connectivity index (χ3v) is 28.0. The van der Waals surface area contributed by atoms with Crippen molar-refractivity contribution < 1.29 is 17.7 Å². The Morgan fingerprint density at radius 3 is 1.21 bits per heavy atom. The van der Waals surface area contributed by atoms with Gasteiger partial charge >= 0.3 is 0 Å². The average molecular weight is 1700 g/mol. The second-order valence-electron chi connectivity index (χ2n) is 34.7. The summed E-state index contributed by atoms with van der Waals surface area (Å²) in [5, 5.41) is 25.0. The van der Waals surface area contributed by atoms with Gasteiger partial charge in [-0.25, -0.2) is 24.9 Å². The lowest BCUT2D eigenvalue weighted by Gasteiger charge is -2.21. The molecule has 0 saturated carbocycles. The fraction of sp³-hybridized carbons (Fsp3) is 0.0256. The lowest BCUT2D eigenvalue weighted by atomic mass is 9.85. The molecular weight excluding hydrogens is 1630 g/mol. The number of fused-ring (bicyclic) bond motifs is 30. The molecular formula is C117H69N9O4S. The molecule has 1 aliphatic carbocycles. The van der Waals surface area contributed by atoms with Crippen LogP contribution in [0.5, 0.6) is 0 Å². The maximum absolute atomic E-state index is 6.40. The van der Waals surface area contributed by atoms with E-state index in [1.54, 1.807) is 11.3 Å². The van der Waals surface area contributed by atoms with Crippen molar-refractivity contribution in [2.75, 3.05) is 0 Å². The number of hydrogen-bond acceptors (Lipinski definition) is 11. The second-order valence-corrected chi connectivity index (χ2v) is 35.7. The van der Waals surface area contributed by atoms with Crippen LogP contribution in [0.1, 0.15) is 25.1 Å². The van der Waals surface area contributed by atoms with Crippen LogP contribution in [0, 0.1) is 0 Å². The van der Waals surface area contributed by atoms with Crippen LogP contribution in [0.4, 0.5) is 0 Å². The molecule has 0 fully saturated rings. The maximum atomic E-state index is 6.40. The van der Waals surface area contributed by atoms with Gasteiger partial charge in [-0.2, -0.15) is 4.98 Å². The highest BCUT2D eigenvalue weighted by Gasteiger charge is 2.41. The number of rotatable bonds is 6. The highest BCUT2D eigenvalue weighted by atomic mass is 32.1. The average Bonchev–Trinajstić information content (AvgIpc) is 1.55. The minimum atomic E-state index is -0.295. The lowest BCUT2D eigenvalue weighted by molar-refractivity contribution is 0.635. The van der Waals surface area contributed by atoms with Crippen molar-refractivity contribution in [1.29, 1.82) is 0 Å². The summed E-state index contributed by atoms with van der Waals surface area (Å²) in [6.07, 6.45) is 0. The third-order valence-electron chi connectivity index (χ3n) is 27.0. The van der Waals surface area contributed by atoms with Gasteiger partial charge < -0.3 is 17.7 Å². The number of furan rings is 4. The van der Waals surface area contributed by atoms with Crippen LogP contribution in [0.15, 0.2) is 400 Å². The summed E-state index contributed by atoms with van der Waals surface area (Å²) in [6.45, 7) is 4.56. The normalized spacial score (nSPS) is 12.7. The number of hydrogen-bond donors (Lipinski definition) is 0. The quantitative estimate of drug-likeness (QED) is 0.158. The number of aromatic nitrogens is 9. The molecule has 0 radical (unpaired) electrons. The number of benzene rings is 18. The largest absolute Gasteiger partial charge is 0.456 e. The Labute approximate surface area is 748 Å². The first-order chi connectivity index (χ1) is 64.7. The van der Waals surface area contributed by atoms with Crippen LogP contribution in [0.3, 0.4) is 0 Å². The van der Waals surface area contributed by atoms with Gasteiger partial charge in [0.15, 0.2) is 5.82 Å². The van der Waals surface area contributed by atoms with Gasteiger partial charge in [-0.15, -0.1) is 11.3 Å². The van der Waals surface area contributed by atoms with Crippen molar-refractivity contribution in [1.82, 2.24) is 43.6 Å². The van der Waals surface area contributed by atoms with Crippen molar-refractivity contribution >= 4 is 217 Å². The van der Waals surface area contributed by atoms with Gasteiger partial charge in [-0.3, -0.25) is 13.7 Å². The van der Waals surface area contributed by atoms with Crippen molar-refractivity contribution in [3.63, 3.8) is 0 Å². The third kappa shape index (κ3) is 11.1. The van der Waals surface area contributed by atoms with Crippen LogP contribution < -0.4 is 0 Å². The topological polar surface area (TPSA) is 145 Å². The fourth-order valence-electron chi connectivity index (χ4n) is 20.9. The van der Waals surface area contributed by atoms with Crippen molar-refractivity contribution in [2.24, 2.45) is 0 Å². The van der Waals surface area contributed by atoms with E-state index in [0.717, 1.165) is 181 Å². The number of thiophene rings is 1. The van der Waals surface area contributed by atoms with E-state index in [0.29, 0.717) is 23.4 Å². The van der Waals surface area contributed by atoms with Crippen LogP contribution >= 0.6 is 11.3 Å². The zero-order valence-corrected chi connectivity index (χ0v) is 71.3. The van der Waals surface area contributed by atoms with Crippen LogP contribution in [-0.4, -0.2) is 43.6 Å². The molecule has 11 heterocycles. The molecule has 13 nitrogen and oxygen atoms in total. The first-order valence-electron chi connectivity index (χ1n) is 44.1. The van der Waals surface area contributed by atoms with E-state index >= 15 is 0 Å². The smallest absolute Gasteiger partial charge is 0.238 e. The molecule has 0 saturated heterocycles. The number of nitrogens with zero attached hydrogens (tertiary/aromatic N) is 9. The molecule has 0 spiro atoms. The van der Waals surface area contributed by atoms with E-state index in [-0.39, 0.29) is 5.41 Å². The van der Waals surface area contributed by atoms with E-state index in [4.69, 9.17) is 47.6 Å². The highest BCUT2D eigenvalue weighted by molar-refractivity contribution is 7.25. The Bertz CT molecular complexity index is 9610. The molecule has 0 N–H and O–H groups in total. The first-order valence-corrected chi connectivity index (χ1v) is 44.9. The summed E-state index contributed by atoms with van der Waals surface area (Å²) in [5.74, 6) is 2.85. The van der Waals surface area contributed by atoms with E-state index in [9.17, 15) is 0 Å². The van der Waals surface area contributed by atoms with Crippen molar-refractivity contribution in [3.05, 3.63) is 393 Å². The van der Waals surface area contributed by atoms with Gasteiger partial charge in [-0.1, -0.05) is 269 Å². The summed E-state index contributed by atoms with van der Waals surface area (Å²) in [5.41, 5.74) is 22.0. The van der Waals surface area contributed by atoms with Gasteiger partial charge in [0.1, 0.15) is 49.7 Å². The molecule has 0 aliphatic heterocycles. The Morgan fingerprint density at radius 1 is 0.260 bits per heavy atom. The van der Waals surface area contributed by atoms with E-state index in [1.807, 2.05) is 66.7 Å². The van der Waals surface area contributed by atoms with Gasteiger partial charge in [0.25, 0.3) is 0 Å². The van der Waals surface area contributed by atoms with Crippen LogP contribution in [0.25, 0.3) is 269 Å². The molecule has 0 atom stereocenters. The molecule has 131 heavy (non-hydrogen) atoms. The molecule has 29 aromatic rings. The number of para-hydroxylation sites is 7. The second kappa shape index (κ2) is 27.9. The molecule has 0 unspecified atom stereocenters. The Hall–Kier alpha value is -17.2. The fourth-order valence-corrected chi connectivity index (χ4v) is 22.0. The SMILES string of the molecule is CC1(C)c2ccccc2-c2c(-n3c4ccccc4c4cc5ccccc5cc43)nc(-c3ccc4oc5ccccc5c4c3)nc21.c1ccc2cc3c(cc2c1)c1ccccc1n3-c1nc(-c2ccc3c(c2)oc2ccccc23)c2c(n1)oc1ccccc12.c1ccc2cc3c(cc2c1)c1ccccc1n3-c1nc(-c2ccc3c(c2)oc2ccccc23)c2c(n1)sc1ccccc12. The molecule has 612 valence electrons. The highest BCUT2D eigenvalue weighted by Crippen LogP contribution is 2.53. The Morgan fingerprint density at radius 2 is 0.656 bits per heavy atom. The molecule has 14 heteroatoms. The predicted molar refractivity (Wildman–Crippen MR) is 538 cm³/mol. The van der Waals surface area contributed by atoms with Gasteiger partial charge in [0, 0.05) is 113 Å². The summed E-state index contributed by atoms with van der Waals surface area (Å²) in [6, 6.07) is 134. The summed E-state index contributed by atoms with van der Waals surface area (Å²) in [7, 11) is 0. The minimum Gasteiger partial charge on any atom is -0.456 e. The standard InChI is InChI=1S/C41H27N3O.C38H21N3O2.C38H21N3OS/c1-41(2)32-16-8-5-15-29(32)37-38(41)42-39(26-19-20-36-31(22-26)28-14-7-10-18-35(28)45-36)43-40(37)44-33-17-9-6-13-27(33)30-21-24-11-3-4-12-25(24)23-34(30)44;1-2-10-23-20-31-29(19-22(23)9-1)25-11-3-6-14-30(25)41(31)38-39-36(35-28-13-5-8-16-33(28)43-37(35)40-38)24-17-18-27-26-12-4-7-15-32(26)42-34(27)21-24;1-2-10-23-20-31-29(19-22(23)9-1)25-11-3-6-14-30(25)41(31)38-39-36(35-28-13-5-8-16-34(28)43-37(35)40-38)24-17-18-27-26-12-4-7-15-32(26)42-33(27)21-24/h3-23H,1-2H3;2*1-21H.